The van der Waals surface area contributed by atoms with Crippen LogP contribution in [0.3, 0.4) is 0 Å². The number of ether oxygens (including phenoxy) is 1. The van der Waals surface area contributed by atoms with Gasteiger partial charge in [-0.3, -0.25) is 19.3 Å². The number of esters is 1. The maximum absolute atomic E-state index is 12.0. The number of rotatable bonds is 5. The molecule has 17 heavy (non-hydrogen) atoms. The fourth-order valence-corrected chi connectivity index (χ4v) is 1.96. The van der Waals surface area contributed by atoms with Crippen molar-refractivity contribution in [2.45, 2.75) is 26.2 Å². The van der Waals surface area contributed by atoms with E-state index in [-0.39, 0.29) is 25.4 Å². The second-order valence-corrected chi connectivity index (χ2v) is 4.06. The zero-order valence-electron chi connectivity index (χ0n) is 10.2. The van der Waals surface area contributed by atoms with Crippen molar-refractivity contribution in [3.8, 4) is 0 Å². The topological polar surface area (TPSA) is 63.7 Å². The molecule has 1 fully saturated rings. The van der Waals surface area contributed by atoms with Crippen LogP contribution in [0.15, 0.2) is 12.7 Å². The minimum absolute atomic E-state index is 0.102. The summed E-state index contributed by atoms with van der Waals surface area (Å²) in [5.41, 5.74) is -1.34. The van der Waals surface area contributed by atoms with Crippen LogP contribution in [0.4, 0.5) is 0 Å². The van der Waals surface area contributed by atoms with Gasteiger partial charge in [-0.2, -0.15) is 0 Å². The Labute approximate surface area is 100 Å². The molecule has 0 aromatic rings. The summed E-state index contributed by atoms with van der Waals surface area (Å²) in [5, 5.41) is 0. The lowest BCUT2D eigenvalue weighted by molar-refractivity contribution is -0.161. The Morgan fingerprint density at radius 1 is 1.59 bits per heavy atom. The molecular weight excluding hydrogens is 222 g/mol. The lowest BCUT2D eigenvalue weighted by Gasteiger charge is -2.23. The van der Waals surface area contributed by atoms with Gasteiger partial charge in [-0.05, 0) is 19.8 Å². The van der Waals surface area contributed by atoms with Crippen LogP contribution < -0.4 is 0 Å². The van der Waals surface area contributed by atoms with E-state index in [9.17, 15) is 14.4 Å². The van der Waals surface area contributed by atoms with Crippen molar-refractivity contribution in [2.75, 3.05) is 13.7 Å². The summed E-state index contributed by atoms with van der Waals surface area (Å²) < 4.78 is 4.92. The first-order chi connectivity index (χ1) is 7.99. The molecule has 2 amide bonds. The quantitative estimate of drug-likeness (QED) is 0.309. The molecule has 1 aliphatic rings. The van der Waals surface area contributed by atoms with Crippen LogP contribution in [0.1, 0.15) is 26.2 Å². The number of hydrogen-bond donors (Lipinski definition) is 0. The molecule has 0 bridgehead atoms. The van der Waals surface area contributed by atoms with Crippen LogP contribution in [0.5, 0.6) is 0 Å². The van der Waals surface area contributed by atoms with E-state index >= 15 is 0 Å². The molecular formula is C12H17NO4. The van der Waals surface area contributed by atoms with E-state index in [2.05, 4.69) is 6.58 Å². The number of likely N-dealkylation sites (tertiary alicyclic amines) is 1. The third-order valence-corrected chi connectivity index (χ3v) is 2.98. The molecule has 0 aromatic heterocycles. The van der Waals surface area contributed by atoms with Crippen LogP contribution in [0.2, 0.25) is 0 Å². The van der Waals surface area contributed by atoms with Gasteiger partial charge < -0.3 is 4.74 Å². The van der Waals surface area contributed by atoms with Crippen molar-refractivity contribution in [3.05, 3.63) is 12.7 Å². The highest BCUT2D eigenvalue weighted by atomic mass is 16.5. The number of nitrogens with zero attached hydrogens (tertiary/aromatic N) is 1. The van der Waals surface area contributed by atoms with Crippen molar-refractivity contribution >= 4 is 17.8 Å². The Kier molecular flexibility index (Phi) is 4.04. The summed E-state index contributed by atoms with van der Waals surface area (Å²) >= 11 is 0. The molecule has 0 saturated carbocycles. The molecule has 5 heteroatoms. The molecule has 0 radical (unpaired) electrons. The van der Waals surface area contributed by atoms with E-state index in [1.54, 1.807) is 13.0 Å². The Balaban J connectivity index is 3.02. The number of carbonyl (C=O) groups excluding carboxylic acids is 3. The molecule has 0 aromatic carbocycles. The molecule has 1 heterocycles. The van der Waals surface area contributed by atoms with E-state index in [0.29, 0.717) is 6.42 Å². The maximum atomic E-state index is 12.0. The predicted octanol–water partition coefficient (Wildman–Crippen LogP) is 0.891. The zero-order chi connectivity index (χ0) is 13.1. The standard InChI is InChI=1S/C12H17NO4/c1-4-6-7-12(11(16)17-5-2)8-9(14)13(3)10(12)15/h4H,1,5-8H2,2-3H3. The highest BCUT2D eigenvalue weighted by molar-refractivity contribution is 6.15. The predicted molar refractivity (Wildman–Crippen MR) is 60.9 cm³/mol. The highest BCUT2D eigenvalue weighted by Gasteiger charge is 2.56. The lowest BCUT2D eigenvalue weighted by Crippen LogP contribution is -2.40. The Morgan fingerprint density at radius 2 is 2.24 bits per heavy atom. The van der Waals surface area contributed by atoms with Gasteiger partial charge in [0.15, 0.2) is 5.41 Å². The second kappa shape index (κ2) is 5.12. The molecule has 0 N–H and O–H groups in total. The van der Waals surface area contributed by atoms with Crippen LogP contribution in [-0.2, 0) is 19.1 Å². The summed E-state index contributed by atoms with van der Waals surface area (Å²) in [5.74, 6) is -1.42. The van der Waals surface area contributed by atoms with Gasteiger partial charge >= 0.3 is 5.97 Å². The highest BCUT2D eigenvalue weighted by Crippen LogP contribution is 2.38. The first-order valence-electron chi connectivity index (χ1n) is 5.58. The molecule has 1 rings (SSSR count). The van der Waals surface area contributed by atoms with Gasteiger partial charge in [-0.25, -0.2) is 0 Å². The smallest absolute Gasteiger partial charge is 0.322 e. The van der Waals surface area contributed by atoms with Crippen molar-refractivity contribution in [3.63, 3.8) is 0 Å². The van der Waals surface area contributed by atoms with Crippen molar-refractivity contribution in [1.82, 2.24) is 4.90 Å². The minimum Gasteiger partial charge on any atom is -0.465 e. The average Bonchev–Trinajstić information content (AvgIpc) is 2.52. The average molecular weight is 239 g/mol. The van der Waals surface area contributed by atoms with Crippen LogP contribution in [0.25, 0.3) is 0 Å². The first-order valence-corrected chi connectivity index (χ1v) is 5.58. The largest absolute Gasteiger partial charge is 0.465 e. The molecule has 1 saturated heterocycles. The summed E-state index contributed by atoms with van der Waals surface area (Å²) in [6, 6.07) is 0. The summed E-state index contributed by atoms with van der Waals surface area (Å²) in [7, 11) is 1.39. The summed E-state index contributed by atoms with van der Waals surface area (Å²) in [4.78, 5) is 36.5. The monoisotopic (exact) mass is 239 g/mol. The third kappa shape index (κ3) is 2.23. The van der Waals surface area contributed by atoms with E-state index in [0.717, 1.165) is 4.90 Å². The van der Waals surface area contributed by atoms with Gasteiger partial charge in [0.25, 0.3) is 0 Å². The normalized spacial score (nSPS) is 24.0. The number of hydrogen-bond acceptors (Lipinski definition) is 4. The number of amides is 2. The van der Waals surface area contributed by atoms with Crippen molar-refractivity contribution in [1.29, 1.82) is 0 Å². The number of carbonyl (C=O) groups is 3. The zero-order valence-corrected chi connectivity index (χ0v) is 10.2. The van der Waals surface area contributed by atoms with Gasteiger partial charge in [0.1, 0.15) is 0 Å². The minimum atomic E-state index is -1.34. The SMILES string of the molecule is C=CCCC1(C(=O)OCC)CC(=O)N(C)C1=O. The van der Waals surface area contributed by atoms with Crippen molar-refractivity contribution < 1.29 is 19.1 Å². The molecule has 1 atom stereocenters. The van der Waals surface area contributed by atoms with E-state index in [1.807, 2.05) is 0 Å². The fraction of sp³-hybridized carbons (Fsp3) is 0.583. The molecule has 1 unspecified atom stereocenters. The first kappa shape index (κ1) is 13.4. The number of allylic oxidation sites excluding steroid dienone is 1. The van der Waals surface area contributed by atoms with Crippen LogP contribution >= 0.6 is 0 Å². The van der Waals surface area contributed by atoms with Gasteiger partial charge in [-0.1, -0.05) is 6.08 Å². The van der Waals surface area contributed by atoms with Gasteiger partial charge in [0.2, 0.25) is 11.8 Å². The van der Waals surface area contributed by atoms with Gasteiger partial charge in [-0.15, -0.1) is 6.58 Å². The second-order valence-electron chi connectivity index (χ2n) is 4.06. The van der Waals surface area contributed by atoms with Crippen molar-refractivity contribution in [2.24, 2.45) is 5.41 Å². The Morgan fingerprint density at radius 3 is 2.65 bits per heavy atom. The fourth-order valence-electron chi connectivity index (χ4n) is 1.96. The summed E-state index contributed by atoms with van der Waals surface area (Å²) in [6.45, 7) is 5.42. The third-order valence-electron chi connectivity index (χ3n) is 2.98. The molecule has 5 nitrogen and oxygen atoms in total. The molecule has 1 aliphatic heterocycles. The Hall–Kier alpha value is -1.65. The van der Waals surface area contributed by atoms with E-state index in [1.165, 1.54) is 7.05 Å². The van der Waals surface area contributed by atoms with Crippen LogP contribution in [0, 0.1) is 5.41 Å². The molecule has 94 valence electrons. The lowest BCUT2D eigenvalue weighted by atomic mass is 9.81. The van der Waals surface area contributed by atoms with Gasteiger partial charge in [0, 0.05) is 7.05 Å². The molecule has 0 aliphatic carbocycles. The Bertz CT molecular complexity index is 364. The summed E-state index contributed by atoms with van der Waals surface area (Å²) in [6.07, 6.45) is 2.28. The van der Waals surface area contributed by atoms with E-state index < -0.39 is 17.3 Å². The van der Waals surface area contributed by atoms with E-state index in [4.69, 9.17) is 4.74 Å². The number of imide groups is 1. The molecule has 0 spiro atoms. The maximum Gasteiger partial charge on any atom is 0.322 e. The van der Waals surface area contributed by atoms with Crippen LogP contribution in [-0.4, -0.2) is 36.3 Å². The van der Waals surface area contributed by atoms with Gasteiger partial charge in [0.05, 0.1) is 13.0 Å².